The number of nitrogens with zero attached hydrogens (tertiary/aromatic N) is 1. The van der Waals surface area contributed by atoms with E-state index in [1.807, 2.05) is 0 Å². The van der Waals surface area contributed by atoms with Gasteiger partial charge in [0.05, 0.1) is 22.9 Å². The van der Waals surface area contributed by atoms with Crippen LogP contribution in [0, 0.1) is 17.5 Å². The van der Waals surface area contributed by atoms with Gasteiger partial charge >= 0.3 is 0 Å². The maximum absolute atomic E-state index is 13.5. The number of H-pyrrole nitrogens is 1. The molecule has 1 heterocycles. The minimum Gasteiger partial charge on any atom is -0.345 e. The van der Waals surface area contributed by atoms with Gasteiger partial charge in [-0.3, -0.25) is 4.79 Å². The fourth-order valence-electron chi connectivity index (χ4n) is 1.91. The molecule has 1 aromatic heterocycles. The number of aromatic nitrogens is 2. The summed E-state index contributed by atoms with van der Waals surface area (Å²) in [5, 5.41) is 2.41. The van der Waals surface area contributed by atoms with Gasteiger partial charge in [-0.25, -0.2) is 18.2 Å². The van der Waals surface area contributed by atoms with Crippen LogP contribution in [0.3, 0.4) is 0 Å². The molecule has 1 amide bonds. The predicted octanol–water partition coefficient (Wildman–Crippen LogP) is 3.23. The van der Waals surface area contributed by atoms with Crippen molar-refractivity contribution >= 4 is 22.6 Å². The smallest absolute Gasteiger partial charge is 0.258 e. The summed E-state index contributed by atoms with van der Waals surface area (Å²) in [6.07, 6.45) is 1.49. The SMILES string of the molecule is O=C(Nc1ccc2nc[nH]c2c1)c1ccc(F)c(F)c1F. The molecule has 0 aliphatic heterocycles. The van der Waals surface area contributed by atoms with Crippen molar-refractivity contribution in [1.29, 1.82) is 0 Å². The number of halogens is 3. The average molecular weight is 291 g/mol. The average Bonchev–Trinajstić information content (AvgIpc) is 2.92. The van der Waals surface area contributed by atoms with Crippen LogP contribution in [0.15, 0.2) is 36.7 Å². The summed E-state index contributed by atoms with van der Waals surface area (Å²) in [6.45, 7) is 0. The molecule has 0 saturated carbocycles. The molecule has 0 spiro atoms. The third-order valence-corrected chi connectivity index (χ3v) is 2.96. The minimum atomic E-state index is -1.67. The Bertz CT molecular complexity index is 845. The van der Waals surface area contributed by atoms with Crippen LogP contribution in [0.4, 0.5) is 18.9 Å². The number of carbonyl (C=O) groups is 1. The lowest BCUT2D eigenvalue weighted by atomic mass is 10.1. The fourth-order valence-corrected chi connectivity index (χ4v) is 1.91. The standard InChI is InChI=1S/C14H8F3N3O/c15-9-3-2-8(12(16)13(9)17)14(21)20-7-1-4-10-11(5-7)19-6-18-10/h1-6H,(H,18,19)(H,20,21). The van der Waals surface area contributed by atoms with E-state index < -0.39 is 28.9 Å². The Kier molecular flexibility index (Phi) is 3.09. The third kappa shape index (κ3) is 2.33. The Labute approximate surface area is 116 Å². The molecular formula is C14H8F3N3O. The van der Waals surface area contributed by atoms with Gasteiger partial charge in [0.1, 0.15) is 0 Å². The van der Waals surface area contributed by atoms with Gasteiger partial charge in [0.15, 0.2) is 17.5 Å². The number of rotatable bonds is 2. The van der Waals surface area contributed by atoms with Crippen molar-refractivity contribution in [2.45, 2.75) is 0 Å². The molecule has 2 aromatic carbocycles. The monoisotopic (exact) mass is 291 g/mol. The van der Waals surface area contributed by atoms with Crippen molar-refractivity contribution in [1.82, 2.24) is 9.97 Å². The number of nitrogens with one attached hydrogen (secondary N) is 2. The molecule has 2 N–H and O–H groups in total. The number of imidazole rings is 1. The van der Waals surface area contributed by atoms with Crippen LogP contribution in [0.25, 0.3) is 11.0 Å². The Morgan fingerprint density at radius 3 is 2.71 bits per heavy atom. The van der Waals surface area contributed by atoms with Gasteiger partial charge in [-0.2, -0.15) is 0 Å². The number of hydrogen-bond acceptors (Lipinski definition) is 2. The van der Waals surface area contributed by atoms with Gasteiger partial charge in [-0.15, -0.1) is 0 Å². The fraction of sp³-hybridized carbons (Fsp3) is 0. The molecule has 0 atom stereocenters. The summed E-state index contributed by atoms with van der Waals surface area (Å²) in [5.74, 6) is -5.41. The van der Waals surface area contributed by atoms with Crippen LogP contribution < -0.4 is 5.32 Å². The number of aromatic amines is 1. The Balaban J connectivity index is 1.90. The number of benzene rings is 2. The highest BCUT2D eigenvalue weighted by Gasteiger charge is 2.18. The van der Waals surface area contributed by atoms with E-state index in [1.54, 1.807) is 18.2 Å². The lowest BCUT2D eigenvalue weighted by molar-refractivity contribution is 0.102. The zero-order valence-electron chi connectivity index (χ0n) is 10.5. The topological polar surface area (TPSA) is 57.8 Å². The van der Waals surface area contributed by atoms with Crippen molar-refractivity contribution in [2.24, 2.45) is 0 Å². The molecule has 3 aromatic rings. The van der Waals surface area contributed by atoms with E-state index in [1.165, 1.54) is 6.33 Å². The normalized spacial score (nSPS) is 10.8. The van der Waals surface area contributed by atoms with E-state index in [4.69, 9.17) is 0 Å². The molecule has 0 unspecified atom stereocenters. The summed E-state index contributed by atoms with van der Waals surface area (Å²) in [6, 6.07) is 6.41. The van der Waals surface area contributed by atoms with Crippen LogP contribution in [0.5, 0.6) is 0 Å². The van der Waals surface area contributed by atoms with Crippen LogP contribution in [-0.4, -0.2) is 15.9 Å². The highest BCUT2D eigenvalue weighted by atomic mass is 19.2. The van der Waals surface area contributed by atoms with E-state index >= 15 is 0 Å². The zero-order chi connectivity index (χ0) is 15.0. The van der Waals surface area contributed by atoms with Crippen LogP contribution >= 0.6 is 0 Å². The maximum Gasteiger partial charge on any atom is 0.258 e. The van der Waals surface area contributed by atoms with Gasteiger partial charge in [0.2, 0.25) is 0 Å². The van der Waals surface area contributed by atoms with E-state index in [2.05, 4.69) is 15.3 Å². The lowest BCUT2D eigenvalue weighted by Gasteiger charge is -2.07. The van der Waals surface area contributed by atoms with Crippen LogP contribution in [0.1, 0.15) is 10.4 Å². The molecular weight excluding hydrogens is 283 g/mol. The molecule has 3 rings (SSSR count). The number of amides is 1. The predicted molar refractivity (Wildman–Crippen MR) is 70.4 cm³/mol. The van der Waals surface area contributed by atoms with Gasteiger partial charge in [-0.05, 0) is 30.3 Å². The number of hydrogen-bond donors (Lipinski definition) is 2. The van der Waals surface area contributed by atoms with Crippen LogP contribution in [0.2, 0.25) is 0 Å². The highest BCUT2D eigenvalue weighted by Crippen LogP contribution is 2.19. The molecule has 0 fully saturated rings. The molecule has 0 aliphatic rings. The minimum absolute atomic E-state index is 0.376. The summed E-state index contributed by atoms with van der Waals surface area (Å²) in [4.78, 5) is 18.8. The highest BCUT2D eigenvalue weighted by molar-refractivity contribution is 6.05. The number of fused-ring (bicyclic) bond motifs is 1. The summed E-state index contributed by atoms with van der Waals surface area (Å²) < 4.78 is 39.5. The molecule has 4 nitrogen and oxygen atoms in total. The summed E-state index contributed by atoms with van der Waals surface area (Å²) in [5.41, 5.74) is 1.19. The maximum atomic E-state index is 13.5. The summed E-state index contributed by atoms with van der Waals surface area (Å²) >= 11 is 0. The molecule has 106 valence electrons. The van der Waals surface area contributed by atoms with Crippen molar-refractivity contribution in [2.75, 3.05) is 5.32 Å². The van der Waals surface area contributed by atoms with E-state index in [0.29, 0.717) is 22.8 Å². The van der Waals surface area contributed by atoms with E-state index in [9.17, 15) is 18.0 Å². The first-order chi connectivity index (χ1) is 10.1. The van der Waals surface area contributed by atoms with Gasteiger partial charge in [-0.1, -0.05) is 0 Å². The molecule has 7 heteroatoms. The van der Waals surface area contributed by atoms with Crippen molar-refractivity contribution in [3.8, 4) is 0 Å². The molecule has 0 aliphatic carbocycles. The summed E-state index contributed by atoms with van der Waals surface area (Å²) in [7, 11) is 0. The quantitative estimate of drug-likeness (QED) is 0.712. The third-order valence-electron chi connectivity index (χ3n) is 2.96. The van der Waals surface area contributed by atoms with E-state index in [0.717, 1.165) is 6.07 Å². The Morgan fingerprint density at radius 1 is 1.10 bits per heavy atom. The largest absolute Gasteiger partial charge is 0.345 e. The van der Waals surface area contributed by atoms with Gasteiger partial charge in [0.25, 0.3) is 5.91 Å². The second kappa shape index (κ2) is 4.93. The molecule has 0 bridgehead atoms. The van der Waals surface area contributed by atoms with Gasteiger partial charge < -0.3 is 10.3 Å². The molecule has 21 heavy (non-hydrogen) atoms. The Morgan fingerprint density at radius 2 is 1.90 bits per heavy atom. The molecule has 0 saturated heterocycles. The van der Waals surface area contributed by atoms with Crippen LogP contribution in [-0.2, 0) is 0 Å². The number of carbonyl (C=O) groups excluding carboxylic acids is 1. The Hall–Kier alpha value is -2.83. The zero-order valence-corrected chi connectivity index (χ0v) is 10.5. The number of anilines is 1. The first-order valence-electron chi connectivity index (χ1n) is 5.94. The lowest BCUT2D eigenvalue weighted by Crippen LogP contribution is -2.15. The second-order valence-electron chi connectivity index (χ2n) is 4.31. The van der Waals surface area contributed by atoms with E-state index in [-0.39, 0.29) is 0 Å². The van der Waals surface area contributed by atoms with Gasteiger partial charge in [0, 0.05) is 5.69 Å². The second-order valence-corrected chi connectivity index (χ2v) is 4.31. The van der Waals surface area contributed by atoms with Crippen molar-refractivity contribution in [3.63, 3.8) is 0 Å². The first kappa shape index (κ1) is 13.2. The first-order valence-corrected chi connectivity index (χ1v) is 5.94. The van der Waals surface area contributed by atoms with Crippen molar-refractivity contribution in [3.05, 3.63) is 59.7 Å². The van der Waals surface area contributed by atoms with Crippen molar-refractivity contribution < 1.29 is 18.0 Å². The molecule has 0 radical (unpaired) electrons.